The standard InChI is InChI=1S/C15H22N2O2/c16-9-8-12-5-1-2-7-14(12)15(19)17-10-4-3-6-13(17)11-18/h1-2,5,7,13,18H,3-4,6,8-11,16H2. The average molecular weight is 262 g/mol. The zero-order valence-electron chi connectivity index (χ0n) is 11.2. The molecule has 3 N–H and O–H groups in total. The van der Waals surface area contributed by atoms with Crippen LogP contribution < -0.4 is 5.73 Å². The first kappa shape index (κ1) is 14.0. The highest BCUT2D eigenvalue weighted by Crippen LogP contribution is 2.21. The zero-order chi connectivity index (χ0) is 13.7. The van der Waals surface area contributed by atoms with Gasteiger partial charge in [0.15, 0.2) is 0 Å². The van der Waals surface area contributed by atoms with E-state index in [1.54, 1.807) is 0 Å². The van der Waals surface area contributed by atoms with Crippen molar-refractivity contribution in [3.8, 4) is 0 Å². The van der Waals surface area contributed by atoms with Gasteiger partial charge in [0.25, 0.3) is 5.91 Å². The smallest absolute Gasteiger partial charge is 0.254 e. The third kappa shape index (κ3) is 3.14. The number of hydrogen-bond donors (Lipinski definition) is 2. The Kier molecular flexibility index (Phi) is 4.93. The predicted molar refractivity (Wildman–Crippen MR) is 75.0 cm³/mol. The molecule has 1 amide bonds. The van der Waals surface area contributed by atoms with E-state index in [0.717, 1.165) is 36.9 Å². The lowest BCUT2D eigenvalue weighted by Gasteiger charge is -2.35. The molecule has 1 heterocycles. The molecule has 104 valence electrons. The van der Waals surface area contributed by atoms with Gasteiger partial charge in [-0.2, -0.15) is 0 Å². The monoisotopic (exact) mass is 262 g/mol. The van der Waals surface area contributed by atoms with Gasteiger partial charge in [-0.15, -0.1) is 0 Å². The van der Waals surface area contributed by atoms with Gasteiger partial charge in [0, 0.05) is 12.1 Å². The molecule has 0 aromatic heterocycles. The van der Waals surface area contributed by atoms with E-state index in [0.29, 0.717) is 13.0 Å². The molecule has 1 unspecified atom stereocenters. The lowest BCUT2D eigenvalue weighted by molar-refractivity contribution is 0.0502. The van der Waals surface area contributed by atoms with E-state index in [-0.39, 0.29) is 18.6 Å². The molecule has 1 aliphatic heterocycles. The minimum atomic E-state index is -0.0350. The first-order chi connectivity index (χ1) is 9.27. The van der Waals surface area contributed by atoms with Crippen molar-refractivity contribution in [1.29, 1.82) is 0 Å². The van der Waals surface area contributed by atoms with Crippen LogP contribution in [-0.2, 0) is 6.42 Å². The highest BCUT2D eigenvalue weighted by molar-refractivity contribution is 5.96. The quantitative estimate of drug-likeness (QED) is 0.856. The van der Waals surface area contributed by atoms with Crippen molar-refractivity contribution in [3.05, 3.63) is 35.4 Å². The Labute approximate surface area is 114 Å². The maximum absolute atomic E-state index is 12.6. The van der Waals surface area contributed by atoms with Gasteiger partial charge in [-0.05, 0) is 43.9 Å². The second-order valence-corrected chi connectivity index (χ2v) is 5.03. The van der Waals surface area contributed by atoms with Crippen LogP contribution in [0.1, 0.15) is 35.2 Å². The molecule has 2 rings (SSSR count). The van der Waals surface area contributed by atoms with E-state index in [1.165, 1.54) is 0 Å². The fourth-order valence-corrected chi connectivity index (χ4v) is 2.71. The Balaban J connectivity index is 2.22. The van der Waals surface area contributed by atoms with Crippen LogP contribution in [0, 0.1) is 0 Å². The highest BCUT2D eigenvalue weighted by atomic mass is 16.3. The minimum absolute atomic E-state index is 0.0304. The Hall–Kier alpha value is -1.39. The van der Waals surface area contributed by atoms with E-state index < -0.39 is 0 Å². The number of nitrogens with two attached hydrogens (primary N) is 1. The number of aliphatic hydroxyl groups is 1. The maximum Gasteiger partial charge on any atom is 0.254 e. The van der Waals surface area contributed by atoms with E-state index >= 15 is 0 Å². The van der Waals surface area contributed by atoms with Crippen LogP contribution in [0.4, 0.5) is 0 Å². The van der Waals surface area contributed by atoms with Crippen molar-refractivity contribution < 1.29 is 9.90 Å². The number of carbonyl (C=O) groups excluding carboxylic acids is 1. The normalized spacial score (nSPS) is 19.5. The second-order valence-electron chi connectivity index (χ2n) is 5.03. The van der Waals surface area contributed by atoms with Crippen molar-refractivity contribution >= 4 is 5.91 Å². The van der Waals surface area contributed by atoms with Crippen LogP contribution in [0.3, 0.4) is 0 Å². The van der Waals surface area contributed by atoms with E-state index in [4.69, 9.17) is 5.73 Å². The fourth-order valence-electron chi connectivity index (χ4n) is 2.71. The average Bonchev–Trinajstić information content (AvgIpc) is 2.47. The molecule has 1 fully saturated rings. The van der Waals surface area contributed by atoms with E-state index in [2.05, 4.69) is 0 Å². The predicted octanol–water partition coefficient (Wildman–Crippen LogP) is 1.17. The van der Waals surface area contributed by atoms with Crippen molar-refractivity contribution in [3.63, 3.8) is 0 Å². The van der Waals surface area contributed by atoms with Gasteiger partial charge in [-0.1, -0.05) is 18.2 Å². The number of likely N-dealkylation sites (tertiary alicyclic amines) is 1. The topological polar surface area (TPSA) is 66.6 Å². The van der Waals surface area contributed by atoms with Crippen LogP contribution in [0.15, 0.2) is 24.3 Å². The highest BCUT2D eigenvalue weighted by Gasteiger charge is 2.27. The summed E-state index contributed by atoms with van der Waals surface area (Å²) in [6, 6.07) is 7.59. The Bertz CT molecular complexity index is 434. The summed E-state index contributed by atoms with van der Waals surface area (Å²) >= 11 is 0. The molecule has 0 saturated carbocycles. The molecular weight excluding hydrogens is 240 g/mol. The SMILES string of the molecule is NCCc1ccccc1C(=O)N1CCCCC1CO. The molecule has 19 heavy (non-hydrogen) atoms. The maximum atomic E-state index is 12.6. The first-order valence-electron chi connectivity index (χ1n) is 6.97. The number of aliphatic hydroxyl groups excluding tert-OH is 1. The number of piperidine rings is 1. The van der Waals surface area contributed by atoms with Crippen molar-refractivity contribution in [2.45, 2.75) is 31.7 Å². The molecule has 1 aliphatic rings. The summed E-state index contributed by atoms with van der Waals surface area (Å²) in [5, 5.41) is 9.42. The summed E-state index contributed by atoms with van der Waals surface area (Å²) in [4.78, 5) is 14.5. The van der Waals surface area contributed by atoms with Crippen LogP contribution >= 0.6 is 0 Å². The molecule has 0 aliphatic carbocycles. The lowest BCUT2D eigenvalue weighted by atomic mass is 9.98. The third-order valence-electron chi connectivity index (χ3n) is 3.76. The van der Waals surface area contributed by atoms with Crippen LogP contribution in [-0.4, -0.2) is 41.7 Å². The van der Waals surface area contributed by atoms with Crippen LogP contribution in [0.2, 0.25) is 0 Å². The summed E-state index contributed by atoms with van der Waals surface area (Å²) in [6.07, 6.45) is 3.70. The summed E-state index contributed by atoms with van der Waals surface area (Å²) < 4.78 is 0. The van der Waals surface area contributed by atoms with Gasteiger partial charge in [0.2, 0.25) is 0 Å². The van der Waals surface area contributed by atoms with Crippen LogP contribution in [0.25, 0.3) is 0 Å². The van der Waals surface area contributed by atoms with E-state index in [9.17, 15) is 9.90 Å². The number of nitrogens with zero attached hydrogens (tertiary/aromatic N) is 1. The first-order valence-corrected chi connectivity index (χ1v) is 6.97. The zero-order valence-corrected chi connectivity index (χ0v) is 11.2. The number of hydrogen-bond acceptors (Lipinski definition) is 3. The van der Waals surface area contributed by atoms with Gasteiger partial charge in [-0.3, -0.25) is 4.79 Å². The molecule has 1 aromatic rings. The molecule has 4 heteroatoms. The minimum Gasteiger partial charge on any atom is -0.394 e. The van der Waals surface area contributed by atoms with Crippen molar-refractivity contribution in [2.24, 2.45) is 5.73 Å². The summed E-state index contributed by atoms with van der Waals surface area (Å²) in [6.45, 7) is 1.32. The number of rotatable bonds is 4. The largest absolute Gasteiger partial charge is 0.394 e. The van der Waals surface area contributed by atoms with Crippen molar-refractivity contribution in [1.82, 2.24) is 4.90 Å². The molecule has 1 saturated heterocycles. The molecule has 1 aromatic carbocycles. The Morgan fingerprint density at radius 3 is 2.89 bits per heavy atom. The summed E-state index contributed by atoms with van der Waals surface area (Å²) in [5.41, 5.74) is 7.32. The fraction of sp³-hybridized carbons (Fsp3) is 0.533. The summed E-state index contributed by atoms with van der Waals surface area (Å²) in [5.74, 6) is 0.0304. The third-order valence-corrected chi connectivity index (χ3v) is 3.76. The Morgan fingerprint density at radius 2 is 2.16 bits per heavy atom. The molecule has 0 bridgehead atoms. The summed E-state index contributed by atoms with van der Waals surface area (Å²) in [7, 11) is 0. The molecule has 1 atom stereocenters. The number of carbonyl (C=O) groups is 1. The molecular formula is C15H22N2O2. The molecule has 4 nitrogen and oxygen atoms in total. The number of amides is 1. The van der Waals surface area contributed by atoms with Crippen LogP contribution in [0.5, 0.6) is 0 Å². The molecule has 0 spiro atoms. The van der Waals surface area contributed by atoms with Gasteiger partial charge >= 0.3 is 0 Å². The molecule has 0 radical (unpaired) electrons. The van der Waals surface area contributed by atoms with Gasteiger partial charge < -0.3 is 15.7 Å². The second kappa shape index (κ2) is 6.68. The van der Waals surface area contributed by atoms with Crippen molar-refractivity contribution in [2.75, 3.05) is 19.7 Å². The van der Waals surface area contributed by atoms with E-state index in [1.807, 2.05) is 29.2 Å². The number of benzene rings is 1. The van der Waals surface area contributed by atoms with Gasteiger partial charge in [-0.25, -0.2) is 0 Å². The lowest BCUT2D eigenvalue weighted by Crippen LogP contribution is -2.45. The Morgan fingerprint density at radius 1 is 1.37 bits per heavy atom. The van der Waals surface area contributed by atoms with Gasteiger partial charge in [0.1, 0.15) is 0 Å². The van der Waals surface area contributed by atoms with Gasteiger partial charge in [0.05, 0.1) is 12.6 Å².